The number of carbonyl (C=O) groups is 3. The van der Waals surface area contributed by atoms with Gasteiger partial charge in [0.05, 0.1) is 0 Å². The third-order valence-electron chi connectivity index (χ3n) is 5.50. The highest BCUT2D eigenvalue weighted by Gasteiger charge is 2.52. The van der Waals surface area contributed by atoms with Crippen LogP contribution in [-0.2, 0) is 16.0 Å². The van der Waals surface area contributed by atoms with Gasteiger partial charge in [-0.1, -0.05) is 31.0 Å². The fourth-order valence-corrected chi connectivity index (χ4v) is 4.09. The number of fused-ring (bicyclic) bond motifs is 1. The number of nitrogens with zero attached hydrogens (tertiary/aromatic N) is 1. The Hall–Kier alpha value is -2.57. The van der Waals surface area contributed by atoms with E-state index in [-0.39, 0.29) is 17.8 Å². The van der Waals surface area contributed by atoms with Gasteiger partial charge in [0.2, 0.25) is 0 Å². The van der Waals surface area contributed by atoms with Gasteiger partial charge in [-0.15, -0.1) is 0 Å². The Labute approximate surface area is 152 Å². The van der Waals surface area contributed by atoms with Gasteiger partial charge in [0.25, 0.3) is 11.8 Å². The van der Waals surface area contributed by atoms with Gasteiger partial charge >= 0.3 is 6.03 Å². The van der Waals surface area contributed by atoms with E-state index in [2.05, 4.69) is 10.6 Å². The highest BCUT2D eigenvalue weighted by Crippen LogP contribution is 2.35. The van der Waals surface area contributed by atoms with Crippen molar-refractivity contribution in [3.8, 4) is 5.75 Å². The van der Waals surface area contributed by atoms with Crippen LogP contribution in [0.1, 0.15) is 37.7 Å². The second kappa shape index (κ2) is 6.63. The van der Waals surface area contributed by atoms with Crippen LogP contribution >= 0.6 is 0 Å². The van der Waals surface area contributed by atoms with Gasteiger partial charge in [0, 0.05) is 19.5 Å². The molecule has 1 spiro atoms. The summed E-state index contributed by atoms with van der Waals surface area (Å²) in [5.74, 6) is 0.486. The summed E-state index contributed by atoms with van der Waals surface area (Å²) in [5, 5.41) is 5.70. The van der Waals surface area contributed by atoms with Gasteiger partial charge in [-0.2, -0.15) is 0 Å². The molecule has 2 fully saturated rings. The van der Waals surface area contributed by atoms with Crippen molar-refractivity contribution in [3.63, 3.8) is 0 Å². The number of carbonyl (C=O) groups excluding carboxylic acids is 3. The van der Waals surface area contributed by atoms with Crippen LogP contribution < -0.4 is 15.4 Å². The van der Waals surface area contributed by atoms with Crippen molar-refractivity contribution in [2.45, 2.75) is 50.2 Å². The minimum atomic E-state index is -0.663. The van der Waals surface area contributed by atoms with Gasteiger partial charge in [0.1, 0.15) is 11.3 Å². The number of ether oxygens (including phenoxy) is 1. The Bertz CT molecular complexity index is 717. The Balaban J connectivity index is 1.23. The smallest absolute Gasteiger partial charge is 0.325 e. The summed E-state index contributed by atoms with van der Waals surface area (Å²) in [4.78, 5) is 38.2. The Morgan fingerprint density at radius 1 is 1.27 bits per heavy atom. The zero-order chi connectivity index (χ0) is 18.1. The fraction of sp³-hybridized carbons (Fsp3) is 0.526. The molecule has 1 saturated carbocycles. The molecule has 1 aliphatic carbocycles. The molecule has 0 bridgehead atoms. The second-order valence-electron chi connectivity index (χ2n) is 7.24. The average Bonchev–Trinajstić information content (AvgIpc) is 3.32. The maximum Gasteiger partial charge on any atom is 0.325 e. The molecule has 7 heteroatoms. The van der Waals surface area contributed by atoms with Gasteiger partial charge in [0.15, 0.2) is 6.10 Å². The van der Waals surface area contributed by atoms with E-state index in [0.717, 1.165) is 37.0 Å². The van der Waals surface area contributed by atoms with Crippen LogP contribution in [0.3, 0.4) is 0 Å². The van der Waals surface area contributed by atoms with Crippen molar-refractivity contribution in [3.05, 3.63) is 29.8 Å². The van der Waals surface area contributed by atoms with Crippen molar-refractivity contribution in [1.29, 1.82) is 0 Å². The molecule has 1 saturated heterocycles. The lowest BCUT2D eigenvalue weighted by atomic mass is 9.98. The molecule has 3 aliphatic rings. The number of hydrogen-bond donors (Lipinski definition) is 2. The SMILES string of the molecule is O=C(NCCCN1C(=O)NC2(CCCC2)C1=O)[C@@H]1Cc2ccccc2O1. The van der Waals surface area contributed by atoms with E-state index >= 15 is 0 Å². The van der Waals surface area contributed by atoms with Crippen LogP contribution in [0.15, 0.2) is 24.3 Å². The summed E-state index contributed by atoms with van der Waals surface area (Å²) < 4.78 is 5.66. The molecule has 0 radical (unpaired) electrons. The van der Waals surface area contributed by atoms with Crippen molar-refractivity contribution in [1.82, 2.24) is 15.5 Å². The van der Waals surface area contributed by atoms with E-state index in [1.807, 2.05) is 24.3 Å². The highest BCUT2D eigenvalue weighted by atomic mass is 16.5. The Kier molecular flexibility index (Phi) is 4.30. The normalized spacial score (nSPS) is 23.1. The molecular weight excluding hydrogens is 334 g/mol. The summed E-state index contributed by atoms with van der Waals surface area (Å²) in [6.45, 7) is 0.720. The predicted molar refractivity (Wildman–Crippen MR) is 93.6 cm³/mol. The first-order valence-electron chi connectivity index (χ1n) is 9.25. The number of nitrogens with one attached hydrogen (secondary N) is 2. The zero-order valence-corrected chi connectivity index (χ0v) is 14.6. The van der Waals surface area contributed by atoms with Crippen molar-refractivity contribution >= 4 is 17.8 Å². The summed E-state index contributed by atoms with van der Waals surface area (Å²) in [6, 6.07) is 7.32. The van der Waals surface area contributed by atoms with Crippen LogP contribution in [0.4, 0.5) is 4.79 Å². The largest absolute Gasteiger partial charge is 0.480 e. The number of amides is 4. The maximum absolute atomic E-state index is 12.5. The minimum Gasteiger partial charge on any atom is -0.480 e. The van der Waals surface area contributed by atoms with E-state index in [9.17, 15) is 14.4 Å². The van der Waals surface area contributed by atoms with E-state index in [0.29, 0.717) is 25.9 Å². The topological polar surface area (TPSA) is 87.7 Å². The van der Waals surface area contributed by atoms with Crippen molar-refractivity contribution in [2.24, 2.45) is 0 Å². The molecule has 2 N–H and O–H groups in total. The first-order valence-corrected chi connectivity index (χ1v) is 9.25. The third-order valence-corrected chi connectivity index (χ3v) is 5.50. The molecule has 0 unspecified atom stereocenters. The molecule has 7 nitrogen and oxygen atoms in total. The van der Waals surface area contributed by atoms with E-state index < -0.39 is 11.6 Å². The minimum absolute atomic E-state index is 0.110. The van der Waals surface area contributed by atoms with Gasteiger partial charge in [-0.3, -0.25) is 14.5 Å². The Morgan fingerprint density at radius 3 is 2.81 bits per heavy atom. The monoisotopic (exact) mass is 357 g/mol. The second-order valence-corrected chi connectivity index (χ2v) is 7.24. The number of hydrogen-bond acceptors (Lipinski definition) is 4. The number of urea groups is 1. The molecule has 26 heavy (non-hydrogen) atoms. The number of benzene rings is 1. The summed E-state index contributed by atoms with van der Waals surface area (Å²) >= 11 is 0. The van der Waals surface area contributed by atoms with Gasteiger partial charge in [-0.05, 0) is 30.9 Å². The van der Waals surface area contributed by atoms with Crippen LogP contribution in [0.2, 0.25) is 0 Å². The molecule has 1 aromatic rings. The third kappa shape index (κ3) is 2.91. The molecule has 2 aliphatic heterocycles. The molecule has 0 aromatic heterocycles. The summed E-state index contributed by atoms with van der Waals surface area (Å²) in [7, 11) is 0. The van der Waals surface area contributed by atoms with Crippen LogP contribution in [0.5, 0.6) is 5.75 Å². The van der Waals surface area contributed by atoms with Gasteiger partial charge < -0.3 is 15.4 Å². The maximum atomic E-state index is 12.5. The lowest BCUT2D eigenvalue weighted by Crippen LogP contribution is -2.44. The fourth-order valence-electron chi connectivity index (χ4n) is 4.09. The quantitative estimate of drug-likeness (QED) is 0.615. The first kappa shape index (κ1) is 16.9. The van der Waals surface area contributed by atoms with E-state index in [1.54, 1.807) is 0 Å². The first-order chi connectivity index (χ1) is 12.6. The van der Waals surface area contributed by atoms with Crippen LogP contribution in [0, 0.1) is 0 Å². The lowest BCUT2D eigenvalue weighted by Gasteiger charge is -2.20. The molecule has 1 aromatic carbocycles. The lowest BCUT2D eigenvalue weighted by molar-refractivity contribution is -0.131. The molecular formula is C19H23N3O4. The standard InChI is InChI=1S/C19H23N3O4/c23-16(15-12-13-6-1-2-7-14(13)26-15)20-10-5-11-22-17(24)19(21-18(22)25)8-3-4-9-19/h1-2,6-7,15H,3-5,8-12H2,(H,20,23)(H,21,25)/t15-/m0/s1. The van der Waals surface area contributed by atoms with E-state index in [1.165, 1.54) is 4.90 Å². The molecule has 4 rings (SSSR count). The predicted octanol–water partition coefficient (Wildman–Crippen LogP) is 1.36. The van der Waals surface area contributed by atoms with Crippen LogP contribution in [0.25, 0.3) is 0 Å². The number of para-hydroxylation sites is 1. The molecule has 1 atom stereocenters. The van der Waals surface area contributed by atoms with E-state index in [4.69, 9.17) is 4.74 Å². The molecule has 138 valence electrons. The molecule has 4 amide bonds. The van der Waals surface area contributed by atoms with Crippen molar-refractivity contribution < 1.29 is 19.1 Å². The Morgan fingerprint density at radius 2 is 2.04 bits per heavy atom. The summed E-state index contributed by atoms with van der Waals surface area (Å²) in [5.41, 5.74) is 0.373. The van der Waals surface area contributed by atoms with Crippen molar-refractivity contribution in [2.75, 3.05) is 13.1 Å². The average molecular weight is 357 g/mol. The zero-order valence-electron chi connectivity index (χ0n) is 14.6. The summed E-state index contributed by atoms with van der Waals surface area (Å²) in [6.07, 6.45) is 3.98. The highest BCUT2D eigenvalue weighted by molar-refractivity contribution is 6.07. The molecule has 2 heterocycles. The van der Waals surface area contributed by atoms with Gasteiger partial charge in [-0.25, -0.2) is 4.79 Å². The number of rotatable bonds is 5. The van der Waals surface area contributed by atoms with Crippen LogP contribution in [-0.4, -0.2) is 47.5 Å². The number of imide groups is 1.